The van der Waals surface area contributed by atoms with Crippen LogP contribution in [0.2, 0.25) is 0 Å². The van der Waals surface area contributed by atoms with Gasteiger partial charge in [0, 0.05) is 29.4 Å². The number of rotatable bonds is 2. The van der Waals surface area contributed by atoms with Crippen molar-refractivity contribution in [2.24, 2.45) is 0 Å². The Labute approximate surface area is 114 Å². The maximum absolute atomic E-state index is 4.54. The fraction of sp³-hybridized carbons (Fsp3) is 0.353. The van der Waals surface area contributed by atoms with Crippen molar-refractivity contribution in [3.63, 3.8) is 0 Å². The zero-order valence-electron chi connectivity index (χ0n) is 11.5. The molecule has 1 aromatic heterocycles. The lowest BCUT2D eigenvalue weighted by Gasteiger charge is -2.27. The van der Waals surface area contributed by atoms with E-state index in [1.807, 2.05) is 12.3 Å². The van der Waals surface area contributed by atoms with Gasteiger partial charge < -0.3 is 5.32 Å². The summed E-state index contributed by atoms with van der Waals surface area (Å²) in [5.74, 6) is 0.457. The molecule has 2 heteroatoms. The average Bonchev–Trinajstić information content (AvgIpc) is 2.77. The van der Waals surface area contributed by atoms with Gasteiger partial charge in [-0.2, -0.15) is 0 Å². The van der Waals surface area contributed by atoms with Crippen LogP contribution in [0.25, 0.3) is 0 Å². The zero-order chi connectivity index (χ0) is 13.3. The highest BCUT2D eigenvalue weighted by molar-refractivity contribution is 5.26. The number of aromatic nitrogens is 1. The minimum absolute atomic E-state index is 0.0782. The van der Waals surface area contributed by atoms with E-state index < -0.39 is 0 Å². The summed E-state index contributed by atoms with van der Waals surface area (Å²) in [5.41, 5.74) is 2.64. The molecule has 0 saturated carbocycles. The van der Waals surface area contributed by atoms with E-state index in [9.17, 15) is 0 Å². The monoisotopic (exact) mass is 252 g/mol. The van der Waals surface area contributed by atoms with Crippen molar-refractivity contribution in [2.45, 2.75) is 37.8 Å². The average molecular weight is 252 g/mol. The Morgan fingerprint density at radius 3 is 2.47 bits per heavy atom. The summed E-state index contributed by atoms with van der Waals surface area (Å²) in [5, 5.41) is 3.76. The minimum atomic E-state index is 0.0782. The third-order valence-corrected chi connectivity index (χ3v) is 4.14. The molecule has 0 unspecified atom stereocenters. The third-order valence-electron chi connectivity index (χ3n) is 4.14. The van der Waals surface area contributed by atoms with Gasteiger partial charge in [-0.15, -0.1) is 0 Å². The molecule has 0 bridgehead atoms. The van der Waals surface area contributed by atoms with Crippen LogP contribution in [-0.2, 0) is 0 Å². The van der Waals surface area contributed by atoms with E-state index in [1.54, 1.807) is 0 Å². The number of nitrogens with one attached hydrogen (secondary N) is 1. The van der Waals surface area contributed by atoms with Crippen molar-refractivity contribution < 1.29 is 0 Å². The lowest BCUT2D eigenvalue weighted by atomic mass is 9.85. The topological polar surface area (TPSA) is 24.9 Å². The first-order chi connectivity index (χ1) is 9.17. The van der Waals surface area contributed by atoms with Crippen LogP contribution in [0.5, 0.6) is 0 Å². The molecule has 1 N–H and O–H groups in total. The van der Waals surface area contributed by atoms with Crippen LogP contribution in [0.15, 0.2) is 54.7 Å². The number of pyridine rings is 1. The number of hydrogen-bond acceptors (Lipinski definition) is 2. The summed E-state index contributed by atoms with van der Waals surface area (Å²) in [6, 6.07) is 17.3. The van der Waals surface area contributed by atoms with Crippen LogP contribution in [0.3, 0.4) is 0 Å². The van der Waals surface area contributed by atoms with Gasteiger partial charge in [-0.25, -0.2) is 0 Å². The Morgan fingerprint density at radius 1 is 1.05 bits per heavy atom. The highest BCUT2D eigenvalue weighted by Gasteiger charge is 2.41. The van der Waals surface area contributed by atoms with Crippen LogP contribution in [0.1, 0.15) is 43.5 Å². The van der Waals surface area contributed by atoms with Crippen molar-refractivity contribution in [3.8, 4) is 0 Å². The van der Waals surface area contributed by atoms with Crippen LogP contribution in [0, 0.1) is 0 Å². The van der Waals surface area contributed by atoms with Gasteiger partial charge in [0.05, 0.1) is 0 Å². The highest BCUT2D eigenvalue weighted by Crippen LogP contribution is 2.42. The van der Waals surface area contributed by atoms with Crippen molar-refractivity contribution in [1.29, 1.82) is 0 Å². The standard InChI is InChI=1S/C17H20N2/c1-17(2)14(15-10-6-7-11-18-15)12-16(19-17)13-8-4-3-5-9-13/h3-11,14,16,19H,12H2,1-2H3/t14-,16+/m1/s1. The van der Waals surface area contributed by atoms with E-state index in [0.29, 0.717) is 12.0 Å². The van der Waals surface area contributed by atoms with E-state index in [0.717, 1.165) is 6.42 Å². The minimum Gasteiger partial charge on any atom is -0.304 e. The van der Waals surface area contributed by atoms with E-state index >= 15 is 0 Å². The predicted molar refractivity (Wildman–Crippen MR) is 78.0 cm³/mol. The SMILES string of the molecule is CC1(C)N[C@H](c2ccccc2)C[C@@H]1c1ccccn1. The van der Waals surface area contributed by atoms with E-state index in [4.69, 9.17) is 0 Å². The summed E-state index contributed by atoms with van der Waals surface area (Å²) in [7, 11) is 0. The number of benzene rings is 1. The quantitative estimate of drug-likeness (QED) is 0.882. The molecule has 98 valence electrons. The Bertz CT molecular complexity index is 534. The van der Waals surface area contributed by atoms with Gasteiger partial charge in [0.15, 0.2) is 0 Å². The van der Waals surface area contributed by atoms with Crippen molar-refractivity contribution in [1.82, 2.24) is 10.3 Å². The van der Waals surface area contributed by atoms with Gasteiger partial charge in [0.2, 0.25) is 0 Å². The van der Waals surface area contributed by atoms with E-state index in [1.165, 1.54) is 11.3 Å². The predicted octanol–water partition coefficient (Wildman–Crippen LogP) is 3.68. The summed E-state index contributed by atoms with van der Waals surface area (Å²) >= 11 is 0. The summed E-state index contributed by atoms with van der Waals surface area (Å²) in [4.78, 5) is 4.54. The molecule has 1 aliphatic heterocycles. The van der Waals surface area contributed by atoms with Gasteiger partial charge in [0.1, 0.15) is 0 Å². The molecule has 2 atom stereocenters. The van der Waals surface area contributed by atoms with Gasteiger partial charge in [-0.05, 0) is 38.0 Å². The first kappa shape index (κ1) is 12.4. The second kappa shape index (κ2) is 4.78. The lowest BCUT2D eigenvalue weighted by Crippen LogP contribution is -2.38. The highest BCUT2D eigenvalue weighted by atomic mass is 15.0. The smallest absolute Gasteiger partial charge is 0.0453 e. The third kappa shape index (κ3) is 2.41. The molecule has 1 saturated heterocycles. The maximum Gasteiger partial charge on any atom is 0.0453 e. The maximum atomic E-state index is 4.54. The van der Waals surface area contributed by atoms with E-state index in [-0.39, 0.29) is 5.54 Å². The van der Waals surface area contributed by atoms with Crippen molar-refractivity contribution in [3.05, 3.63) is 66.0 Å². The zero-order valence-corrected chi connectivity index (χ0v) is 11.5. The van der Waals surface area contributed by atoms with Gasteiger partial charge >= 0.3 is 0 Å². The molecule has 3 rings (SSSR count). The molecule has 19 heavy (non-hydrogen) atoms. The molecule has 1 fully saturated rings. The molecule has 0 aliphatic carbocycles. The molecule has 2 heterocycles. The Hall–Kier alpha value is -1.67. The van der Waals surface area contributed by atoms with Crippen molar-refractivity contribution in [2.75, 3.05) is 0 Å². The fourth-order valence-corrected chi connectivity index (χ4v) is 3.12. The van der Waals surface area contributed by atoms with Crippen LogP contribution >= 0.6 is 0 Å². The summed E-state index contributed by atoms with van der Waals surface area (Å²) in [6.07, 6.45) is 3.00. The summed E-state index contributed by atoms with van der Waals surface area (Å²) < 4.78 is 0. The molecular formula is C17H20N2. The first-order valence-corrected chi connectivity index (χ1v) is 6.90. The molecular weight excluding hydrogens is 232 g/mol. The van der Waals surface area contributed by atoms with Crippen LogP contribution in [-0.4, -0.2) is 10.5 Å². The molecule has 0 radical (unpaired) electrons. The molecule has 0 amide bonds. The van der Waals surface area contributed by atoms with Gasteiger partial charge in [-0.1, -0.05) is 36.4 Å². The molecule has 2 nitrogen and oxygen atoms in total. The fourth-order valence-electron chi connectivity index (χ4n) is 3.12. The van der Waals surface area contributed by atoms with Crippen LogP contribution in [0.4, 0.5) is 0 Å². The van der Waals surface area contributed by atoms with Gasteiger partial charge in [-0.3, -0.25) is 4.98 Å². The number of nitrogens with zero attached hydrogens (tertiary/aromatic N) is 1. The Balaban J connectivity index is 1.88. The van der Waals surface area contributed by atoms with Crippen LogP contribution < -0.4 is 5.32 Å². The molecule has 1 aliphatic rings. The lowest BCUT2D eigenvalue weighted by molar-refractivity contribution is 0.393. The van der Waals surface area contributed by atoms with Gasteiger partial charge in [0.25, 0.3) is 0 Å². The second-order valence-corrected chi connectivity index (χ2v) is 5.87. The molecule has 0 spiro atoms. The molecule has 1 aromatic carbocycles. The largest absolute Gasteiger partial charge is 0.304 e. The Morgan fingerprint density at radius 2 is 1.79 bits per heavy atom. The first-order valence-electron chi connectivity index (χ1n) is 6.90. The number of hydrogen-bond donors (Lipinski definition) is 1. The molecule has 2 aromatic rings. The second-order valence-electron chi connectivity index (χ2n) is 5.87. The summed E-state index contributed by atoms with van der Waals surface area (Å²) in [6.45, 7) is 4.55. The van der Waals surface area contributed by atoms with E-state index in [2.05, 4.69) is 66.6 Å². The van der Waals surface area contributed by atoms with Crippen molar-refractivity contribution >= 4 is 0 Å². The Kier molecular flexibility index (Phi) is 3.11. The normalized spacial score (nSPS) is 25.4.